The first-order valence-electron chi connectivity index (χ1n) is 28.9. The quantitative estimate of drug-likeness (QED) is 0.0356. The summed E-state index contributed by atoms with van der Waals surface area (Å²) in [4.78, 5) is 27.7. The molecule has 0 rings (SSSR count). The first kappa shape index (κ1) is 70.9. The van der Waals surface area contributed by atoms with E-state index in [4.69, 9.17) is 14.6 Å². The summed E-state index contributed by atoms with van der Waals surface area (Å²) in [6, 6.07) is 0. The summed E-state index contributed by atoms with van der Waals surface area (Å²) in [7, 11) is 1.00. The molecule has 0 fully saturated rings. The van der Waals surface area contributed by atoms with Gasteiger partial charge in [0.05, 0.1) is 19.8 Å². The highest BCUT2D eigenvalue weighted by Crippen LogP contribution is 2.22. The zero-order valence-electron chi connectivity index (χ0n) is 45.8. The van der Waals surface area contributed by atoms with Crippen LogP contribution in [0, 0.1) is 24.7 Å². The lowest BCUT2D eigenvalue weighted by Crippen LogP contribution is -2.29. The molecule has 7 heteroatoms. The minimum absolute atomic E-state index is 0.0264. The SMILES string of the molecule is C#C.CC.CCCCCCCCCCC(CCCCCCCC)COC(=O)CCCCCN(CCO)CCCCCC(=O)OCC(CCCCCCCC)CCCCCCCCCC.CO. The van der Waals surface area contributed by atoms with Crippen molar-refractivity contribution in [1.82, 2.24) is 4.90 Å². The monoisotopic (exact) mass is 938 g/mol. The smallest absolute Gasteiger partial charge is 0.305 e. The van der Waals surface area contributed by atoms with Gasteiger partial charge in [-0.25, -0.2) is 0 Å². The summed E-state index contributed by atoms with van der Waals surface area (Å²) >= 11 is 0. The van der Waals surface area contributed by atoms with Gasteiger partial charge in [0, 0.05) is 26.5 Å². The summed E-state index contributed by atoms with van der Waals surface area (Å²) in [5.41, 5.74) is 0. The van der Waals surface area contributed by atoms with Gasteiger partial charge in [-0.3, -0.25) is 9.59 Å². The lowest BCUT2D eigenvalue weighted by atomic mass is 9.94. The van der Waals surface area contributed by atoms with Crippen molar-refractivity contribution >= 4 is 11.9 Å². The number of rotatable bonds is 50. The van der Waals surface area contributed by atoms with E-state index in [-0.39, 0.29) is 18.5 Å². The van der Waals surface area contributed by atoms with Crippen LogP contribution in [0.3, 0.4) is 0 Å². The first-order chi connectivity index (χ1) is 32.5. The number of ether oxygens (including phenoxy) is 2. The van der Waals surface area contributed by atoms with Crippen molar-refractivity contribution in [3.05, 3.63) is 0 Å². The zero-order chi connectivity index (χ0) is 49.8. The Balaban J connectivity index is -0.00000306. The number of carbonyl (C=O) groups excluding carboxylic acids is 2. The lowest BCUT2D eigenvalue weighted by molar-refractivity contribution is -0.146. The zero-order valence-corrected chi connectivity index (χ0v) is 45.8. The van der Waals surface area contributed by atoms with Gasteiger partial charge in [0.2, 0.25) is 0 Å². The highest BCUT2D eigenvalue weighted by Gasteiger charge is 2.15. The lowest BCUT2D eigenvalue weighted by Gasteiger charge is -2.21. The molecule has 0 aromatic heterocycles. The maximum Gasteiger partial charge on any atom is 0.305 e. The van der Waals surface area contributed by atoms with Gasteiger partial charge in [-0.1, -0.05) is 234 Å². The highest BCUT2D eigenvalue weighted by atomic mass is 16.5. The van der Waals surface area contributed by atoms with E-state index < -0.39 is 0 Å². The number of aliphatic hydroxyl groups is 2. The third kappa shape index (κ3) is 58.5. The third-order valence-corrected chi connectivity index (χ3v) is 13.0. The Hall–Kier alpha value is -1.62. The van der Waals surface area contributed by atoms with Gasteiger partial charge in [0.15, 0.2) is 0 Å². The minimum atomic E-state index is -0.0264. The molecule has 396 valence electrons. The number of nitrogens with zero attached hydrogens (tertiary/aromatic N) is 1. The van der Waals surface area contributed by atoms with Gasteiger partial charge in [-0.15, -0.1) is 12.8 Å². The molecule has 0 saturated carbocycles. The second-order valence-corrected chi connectivity index (χ2v) is 18.9. The number of carbonyl (C=O) groups is 2. The molecule has 66 heavy (non-hydrogen) atoms. The molecular formula is C59H119NO6. The molecule has 0 saturated heterocycles. The van der Waals surface area contributed by atoms with Crippen LogP contribution in [-0.2, 0) is 19.1 Å². The Morgan fingerprint density at radius 2 is 0.636 bits per heavy atom. The van der Waals surface area contributed by atoms with E-state index in [0.29, 0.717) is 44.4 Å². The van der Waals surface area contributed by atoms with Gasteiger partial charge in [-0.2, -0.15) is 0 Å². The number of esters is 2. The van der Waals surface area contributed by atoms with Crippen LogP contribution in [0.25, 0.3) is 0 Å². The molecule has 0 aromatic rings. The average Bonchev–Trinajstić information content (AvgIpc) is 3.34. The van der Waals surface area contributed by atoms with Crippen LogP contribution in [0.2, 0.25) is 0 Å². The predicted molar refractivity (Wildman–Crippen MR) is 289 cm³/mol. The van der Waals surface area contributed by atoms with Crippen LogP contribution in [0.15, 0.2) is 0 Å². The number of hydrogen-bond donors (Lipinski definition) is 2. The van der Waals surface area contributed by atoms with Crippen LogP contribution in [0.4, 0.5) is 0 Å². The minimum Gasteiger partial charge on any atom is -0.465 e. The molecule has 0 heterocycles. The second kappa shape index (κ2) is 65.5. The Kier molecular flexibility index (Phi) is 70.4. The topological polar surface area (TPSA) is 96.3 Å². The van der Waals surface area contributed by atoms with Crippen molar-refractivity contribution < 1.29 is 29.3 Å². The average molecular weight is 939 g/mol. The van der Waals surface area contributed by atoms with E-state index >= 15 is 0 Å². The largest absolute Gasteiger partial charge is 0.465 e. The first-order valence-corrected chi connectivity index (χ1v) is 28.9. The van der Waals surface area contributed by atoms with E-state index in [0.717, 1.165) is 58.7 Å². The second-order valence-electron chi connectivity index (χ2n) is 18.9. The van der Waals surface area contributed by atoms with Crippen molar-refractivity contribution in [1.29, 1.82) is 0 Å². The van der Waals surface area contributed by atoms with Crippen LogP contribution in [0.5, 0.6) is 0 Å². The fourth-order valence-corrected chi connectivity index (χ4v) is 8.79. The summed E-state index contributed by atoms with van der Waals surface area (Å²) in [5.74, 6) is 0.974. The van der Waals surface area contributed by atoms with Crippen molar-refractivity contribution in [2.75, 3.05) is 46.6 Å². The van der Waals surface area contributed by atoms with E-state index in [9.17, 15) is 14.7 Å². The van der Waals surface area contributed by atoms with Crippen LogP contribution in [0.1, 0.15) is 298 Å². The normalized spacial score (nSPS) is 11.7. The standard InChI is InChI=1S/C54H107NO5.C2H6.C2H2.CH4O/c1-5-9-13-17-21-23-27-33-41-51(39-31-25-19-15-11-7-3)49-59-53(57)43-35-29-37-45-55(47-48-56)46-38-30-36-44-54(58)60-50-52(40-32-26-20-16-12-8-4)42-34-28-24-22-18-14-10-6-2;3*1-2/h51-52,56H,5-50H2,1-4H3;1-2H3;1-2H;2H,1H3. The number of aliphatic hydroxyl groups excluding tert-OH is 2. The van der Waals surface area contributed by atoms with Gasteiger partial charge in [-0.05, 0) is 76.3 Å². The fourth-order valence-electron chi connectivity index (χ4n) is 8.79. The Morgan fingerprint density at radius 1 is 0.394 bits per heavy atom. The summed E-state index contributed by atoms with van der Waals surface area (Å²) in [6.07, 6.45) is 56.8. The molecule has 7 nitrogen and oxygen atoms in total. The molecule has 0 aliphatic rings. The fraction of sp³-hybridized carbons (Fsp3) is 0.932. The van der Waals surface area contributed by atoms with E-state index in [1.54, 1.807) is 0 Å². The van der Waals surface area contributed by atoms with Gasteiger partial charge in [0.25, 0.3) is 0 Å². The maximum atomic E-state index is 12.7. The van der Waals surface area contributed by atoms with E-state index in [2.05, 4.69) is 45.4 Å². The summed E-state index contributed by atoms with van der Waals surface area (Å²) < 4.78 is 11.7. The molecule has 2 unspecified atom stereocenters. The third-order valence-electron chi connectivity index (χ3n) is 13.0. The predicted octanol–water partition coefficient (Wildman–Crippen LogP) is 17.2. The van der Waals surface area contributed by atoms with E-state index in [1.165, 1.54) is 205 Å². The van der Waals surface area contributed by atoms with Crippen LogP contribution < -0.4 is 0 Å². The van der Waals surface area contributed by atoms with Gasteiger partial charge < -0.3 is 24.6 Å². The molecule has 0 spiro atoms. The molecule has 2 atom stereocenters. The van der Waals surface area contributed by atoms with E-state index in [1.807, 2.05) is 13.8 Å². The summed E-state index contributed by atoms with van der Waals surface area (Å²) in [5, 5.41) is 16.7. The molecule has 0 aliphatic carbocycles. The van der Waals surface area contributed by atoms with Gasteiger partial charge in [0.1, 0.15) is 0 Å². The molecule has 0 bridgehead atoms. The van der Waals surface area contributed by atoms with Crippen molar-refractivity contribution in [3.8, 4) is 12.8 Å². The van der Waals surface area contributed by atoms with Crippen LogP contribution >= 0.6 is 0 Å². The molecule has 0 aliphatic heterocycles. The summed E-state index contributed by atoms with van der Waals surface area (Å²) in [6.45, 7) is 17.0. The van der Waals surface area contributed by atoms with Crippen molar-refractivity contribution in [2.45, 2.75) is 298 Å². The Labute approximate surface area is 414 Å². The molecule has 0 amide bonds. The molecule has 0 aromatic carbocycles. The Morgan fingerprint density at radius 3 is 0.894 bits per heavy atom. The molecular weight excluding hydrogens is 819 g/mol. The molecule has 2 N–H and O–H groups in total. The van der Waals surface area contributed by atoms with Crippen LogP contribution in [-0.4, -0.2) is 73.6 Å². The maximum absolute atomic E-state index is 12.7. The highest BCUT2D eigenvalue weighted by molar-refractivity contribution is 5.69. The Bertz CT molecular complexity index is 846. The van der Waals surface area contributed by atoms with Crippen molar-refractivity contribution in [3.63, 3.8) is 0 Å². The number of terminal acetylenes is 1. The number of unbranched alkanes of at least 4 members (excludes halogenated alkanes) is 28. The number of hydrogen-bond acceptors (Lipinski definition) is 7. The van der Waals surface area contributed by atoms with Crippen molar-refractivity contribution in [2.24, 2.45) is 11.8 Å². The molecule has 0 radical (unpaired) electrons. The van der Waals surface area contributed by atoms with Gasteiger partial charge >= 0.3 is 11.9 Å².